The van der Waals surface area contributed by atoms with Gasteiger partial charge in [-0.05, 0) is 205 Å². The molecule has 12 N–H and O–H groups in total. The van der Waals surface area contributed by atoms with Crippen LogP contribution in [0, 0.1) is 0 Å². The van der Waals surface area contributed by atoms with Crippen molar-refractivity contribution in [3.8, 4) is 102 Å². The van der Waals surface area contributed by atoms with Gasteiger partial charge in [0.2, 0.25) is 0 Å². The van der Waals surface area contributed by atoms with Crippen molar-refractivity contribution in [3.05, 3.63) is 322 Å². The molecule has 19 rings (SSSR count). The zero-order valence-corrected chi connectivity index (χ0v) is 52.1. The predicted octanol–water partition coefficient (Wildman–Crippen LogP) is 18.2. The monoisotopic (exact) mass is 1290 g/mol. The van der Waals surface area contributed by atoms with E-state index in [2.05, 4.69) is 36.4 Å². The second-order valence-corrected chi connectivity index (χ2v) is 26.5. The van der Waals surface area contributed by atoms with E-state index in [1.165, 1.54) is 36.4 Å². The SMILES string of the molecule is Oc1cc(O)c2cc(C3(c4ccc5cc(O)cc(O)c5c4)c4ccccc4-c4c3c3c(c5c4C(c4ccc6cc(O)cc(O)c6c4)(c4ccc6cc(O)cc(O)c6c4)c4ccccc4-5)C(c4ccc5cc(O)cc(O)c5c4)(c4ccc5cc(O)cc(O)c5c4)c4ccccc4-3)ccc2c1. The predicted molar refractivity (Wildman–Crippen MR) is 383 cm³/mol. The third-order valence-corrected chi connectivity index (χ3v) is 21.5. The third kappa shape index (κ3) is 7.51. The fraction of sp³-hybridized carbons (Fsp3) is 0.0345. The van der Waals surface area contributed by atoms with Gasteiger partial charge < -0.3 is 61.3 Å². The molecule has 0 unspecified atom stereocenters. The Kier molecular flexibility index (Phi) is 11.5. The summed E-state index contributed by atoms with van der Waals surface area (Å²) in [5, 5.41) is 146. The van der Waals surface area contributed by atoms with E-state index in [1.807, 2.05) is 146 Å². The minimum Gasteiger partial charge on any atom is -0.508 e. The molecule has 0 aliphatic heterocycles. The molecule has 12 heteroatoms. The average Bonchev–Trinajstić information content (AvgIpc) is 1.47. The van der Waals surface area contributed by atoms with E-state index in [0.29, 0.717) is 98.0 Å². The molecule has 3 aliphatic rings. The van der Waals surface area contributed by atoms with Gasteiger partial charge in [0.25, 0.3) is 0 Å². The van der Waals surface area contributed by atoms with Crippen LogP contribution in [0.4, 0.5) is 0 Å². The van der Waals surface area contributed by atoms with Crippen LogP contribution in [0.25, 0.3) is 98.0 Å². The van der Waals surface area contributed by atoms with Gasteiger partial charge in [0.1, 0.15) is 69.0 Å². The molecule has 0 spiro atoms. The number of phenolic OH excluding ortho intramolecular Hbond substituents is 12. The van der Waals surface area contributed by atoms with Gasteiger partial charge in [-0.1, -0.05) is 146 Å². The first-order chi connectivity index (χ1) is 47.9. The Hall–Kier alpha value is -13.3. The highest BCUT2D eigenvalue weighted by atomic mass is 16.3. The molecule has 0 aromatic heterocycles. The summed E-state index contributed by atoms with van der Waals surface area (Å²) < 4.78 is 0. The van der Waals surface area contributed by atoms with Crippen molar-refractivity contribution in [2.45, 2.75) is 16.2 Å². The quantitative estimate of drug-likeness (QED) is 0.0744. The second kappa shape index (κ2) is 19.9. The minimum atomic E-state index is -1.53. The van der Waals surface area contributed by atoms with Crippen molar-refractivity contribution in [2.75, 3.05) is 0 Å². The Labute approximate surface area is 563 Å². The molecule has 16 aromatic rings. The number of benzene rings is 16. The first kappa shape index (κ1) is 57.2. The topological polar surface area (TPSA) is 243 Å². The molecule has 0 bridgehead atoms. The highest BCUT2D eigenvalue weighted by molar-refractivity contribution is 6.11. The molecule has 0 radical (unpaired) electrons. The van der Waals surface area contributed by atoms with E-state index in [-0.39, 0.29) is 69.0 Å². The van der Waals surface area contributed by atoms with Crippen LogP contribution in [0.15, 0.2) is 255 Å². The molecular weight excluding hydrogens is 1240 g/mol. The first-order valence-electron chi connectivity index (χ1n) is 32.3. The number of hydrogen-bond donors (Lipinski definition) is 12. The Morgan fingerprint density at radius 2 is 0.364 bits per heavy atom. The smallest absolute Gasteiger partial charge is 0.127 e. The van der Waals surface area contributed by atoms with E-state index in [4.69, 9.17) is 0 Å². The average molecular weight is 1290 g/mol. The Morgan fingerprint density at radius 1 is 0.182 bits per heavy atom. The lowest BCUT2D eigenvalue weighted by molar-refractivity contribution is 0.454. The van der Waals surface area contributed by atoms with Crippen LogP contribution in [-0.4, -0.2) is 61.3 Å². The van der Waals surface area contributed by atoms with Crippen molar-refractivity contribution < 1.29 is 61.3 Å². The maximum Gasteiger partial charge on any atom is 0.127 e. The molecular formula is C87H54O12. The summed E-state index contributed by atoms with van der Waals surface area (Å²) in [6.45, 7) is 0. The molecule has 0 saturated carbocycles. The number of fused-ring (bicyclic) bond motifs is 18. The Morgan fingerprint density at radius 3 is 0.556 bits per heavy atom. The van der Waals surface area contributed by atoms with Gasteiger partial charge in [-0.25, -0.2) is 0 Å². The molecule has 99 heavy (non-hydrogen) atoms. The number of rotatable bonds is 6. The van der Waals surface area contributed by atoms with Gasteiger partial charge in [-0.3, -0.25) is 0 Å². The lowest BCUT2D eigenvalue weighted by Crippen LogP contribution is -2.33. The van der Waals surface area contributed by atoms with E-state index in [0.717, 1.165) is 66.8 Å². The molecule has 0 amide bonds. The summed E-state index contributed by atoms with van der Waals surface area (Å²) in [6, 6.07) is 77.2. The van der Waals surface area contributed by atoms with Gasteiger partial charge in [-0.2, -0.15) is 0 Å². The lowest BCUT2D eigenvalue weighted by Gasteiger charge is -2.40. The summed E-state index contributed by atoms with van der Waals surface area (Å²) in [6.07, 6.45) is 0. The highest BCUT2D eigenvalue weighted by Gasteiger charge is 2.61. The van der Waals surface area contributed by atoms with Gasteiger partial charge in [0.15, 0.2) is 0 Å². The van der Waals surface area contributed by atoms with Gasteiger partial charge in [0.05, 0.1) is 16.2 Å². The van der Waals surface area contributed by atoms with E-state index < -0.39 is 16.2 Å². The molecule has 16 aromatic carbocycles. The van der Waals surface area contributed by atoms with Crippen LogP contribution >= 0.6 is 0 Å². The van der Waals surface area contributed by atoms with Gasteiger partial charge in [-0.15, -0.1) is 0 Å². The van der Waals surface area contributed by atoms with E-state index in [1.54, 1.807) is 36.4 Å². The standard InChI is InChI=1S/C87H54O12/c88-55-25-43-13-19-49(31-64(43)73(94)37-55)85(50-20-14-44-26-56(89)38-74(95)65(44)32-50)70-10-4-1-7-61(70)79-82(85)80-63-9-3-6-12-72(63)87(53-23-17-47-29-59(92)41-77(98)68(47)35-53,54-24-18-48-30-60(93)42-78(99)69(48)36-54)84(80)81-62-8-2-5-11-71(62)86(83(79)81,51-21-15-45-27-57(90)39-75(96)66(45)33-51)52-22-16-46-28-58(91)40-76(97)67(46)34-52/h1-42,88-99H. The zero-order chi connectivity index (χ0) is 67.4. The summed E-state index contributed by atoms with van der Waals surface area (Å²) in [5.41, 5.74) is 8.70. The maximum absolute atomic E-state index is 12.2. The number of phenols is 12. The van der Waals surface area contributed by atoms with Crippen molar-refractivity contribution in [3.63, 3.8) is 0 Å². The fourth-order valence-corrected chi connectivity index (χ4v) is 17.8. The van der Waals surface area contributed by atoms with Gasteiger partial charge >= 0.3 is 0 Å². The number of aromatic hydroxyl groups is 12. The molecule has 0 heterocycles. The maximum atomic E-state index is 12.2. The molecule has 12 nitrogen and oxygen atoms in total. The van der Waals surface area contributed by atoms with Crippen LogP contribution in [0.1, 0.15) is 66.8 Å². The Balaban J connectivity index is 1.13. The van der Waals surface area contributed by atoms with Crippen molar-refractivity contribution in [1.29, 1.82) is 0 Å². The van der Waals surface area contributed by atoms with Crippen molar-refractivity contribution in [1.82, 2.24) is 0 Å². The first-order valence-corrected chi connectivity index (χ1v) is 32.3. The molecule has 0 atom stereocenters. The Bertz CT molecular complexity index is 5460. The lowest BCUT2D eigenvalue weighted by atomic mass is 9.60. The number of hydrogen-bond acceptors (Lipinski definition) is 12. The molecule has 0 fully saturated rings. The van der Waals surface area contributed by atoms with Crippen LogP contribution in [0.5, 0.6) is 69.0 Å². The summed E-state index contributed by atoms with van der Waals surface area (Å²) >= 11 is 0. The largest absolute Gasteiger partial charge is 0.508 e. The fourth-order valence-electron chi connectivity index (χ4n) is 17.8. The normalized spacial score (nSPS) is 14.2. The molecule has 0 saturated heterocycles. The van der Waals surface area contributed by atoms with Crippen LogP contribution in [0.3, 0.4) is 0 Å². The van der Waals surface area contributed by atoms with Crippen LogP contribution < -0.4 is 0 Å². The molecule has 474 valence electrons. The van der Waals surface area contributed by atoms with E-state index in [9.17, 15) is 61.3 Å². The summed E-state index contributed by atoms with van der Waals surface area (Å²) in [4.78, 5) is 0. The van der Waals surface area contributed by atoms with Crippen molar-refractivity contribution >= 4 is 64.6 Å². The highest BCUT2D eigenvalue weighted by Crippen LogP contribution is 2.73. The summed E-state index contributed by atoms with van der Waals surface area (Å²) in [7, 11) is 0. The molecule has 3 aliphatic carbocycles. The third-order valence-electron chi connectivity index (χ3n) is 21.5. The second-order valence-electron chi connectivity index (χ2n) is 26.5. The zero-order valence-electron chi connectivity index (χ0n) is 52.1. The minimum absolute atomic E-state index is 0.139. The van der Waals surface area contributed by atoms with Gasteiger partial charge in [0, 0.05) is 68.7 Å². The summed E-state index contributed by atoms with van der Waals surface area (Å²) in [5.74, 6) is -1.92. The van der Waals surface area contributed by atoms with Crippen LogP contribution in [0.2, 0.25) is 0 Å². The van der Waals surface area contributed by atoms with Crippen LogP contribution in [-0.2, 0) is 16.2 Å². The van der Waals surface area contributed by atoms with E-state index >= 15 is 0 Å². The van der Waals surface area contributed by atoms with Crippen molar-refractivity contribution in [2.24, 2.45) is 0 Å².